The molecule has 8 nitrogen and oxygen atoms in total. The van der Waals surface area contributed by atoms with Crippen molar-refractivity contribution in [1.82, 2.24) is 24.8 Å². The first-order chi connectivity index (χ1) is 13.6. The molecular formula is C19H24BrN7O. The van der Waals surface area contributed by atoms with Gasteiger partial charge in [-0.05, 0) is 29.0 Å². The zero-order valence-corrected chi connectivity index (χ0v) is 17.5. The molecule has 4 rings (SSSR count). The molecule has 0 atom stereocenters. The molecule has 0 N–H and O–H groups in total. The molecule has 28 heavy (non-hydrogen) atoms. The number of rotatable bonds is 3. The third-order valence-corrected chi connectivity index (χ3v) is 5.74. The number of nitrogens with zero attached hydrogens (tertiary/aromatic N) is 7. The molecule has 4 heterocycles. The van der Waals surface area contributed by atoms with Crippen LogP contribution in [0.5, 0.6) is 0 Å². The van der Waals surface area contributed by atoms with Gasteiger partial charge in [0.2, 0.25) is 0 Å². The molecule has 2 saturated heterocycles. The normalized spacial score (nSPS) is 18.4. The van der Waals surface area contributed by atoms with Gasteiger partial charge in [0.1, 0.15) is 18.0 Å². The molecule has 0 spiro atoms. The van der Waals surface area contributed by atoms with Crippen molar-refractivity contribution < 1.29 is 4.79 Å². The number of aromatic nitrogens is 3. The minimum atomic E-state index is 0.0225. The van der Waals surface area contributed by atoms with E-state index >= 15 is 0 Å². The van der Waals surface area contributed by atoms with E-state index < -0.39 is 0 Å². The Balaban J connectivity index is 1.38. The Bertz CT molecular complexity index is 833. The molecule has 0 unspecified atom stereocenters. The number of carbonyl (C=O) groups excluding carboxylic acids is 1. The molecule has 2 fully saturated rings. The summed E-state index contributed by atoms with van der Waals surface area (Å²) >= 11 is 3.38. The molecule has 9 heteroatoms. The largest absolute Gasteiger partial charge is 0.354 e. The maximum absolute atomic E-state index is 12.7. The highest BCUT2D eigenvalue weighted by Crippen LogP contribution is 2.21. The van der Waals surface area contributed by atoms with Gasteiger partial charge in [0.25, 0.3) is 5.91 Å². The first-order valence-electron chi connectivity index (χ1n) is 9.50. The standard InChI is InChI=1S/C19H24BrN7O/c1-24-2-4-25(5-3-24)17-11-18(23-14-22-17)26-6-8-27(9-7-26)19(28)15-10-16(20)13-21-12-15/h10-14H,2-9H2,1H3. The highest BCUT2D eigenvalue weighted by molar-refractivity contribution is 9.10. The van der Waals surface area contributed by atoms with Gasteiger partial charge in [-0.2, -0.15) is 0 Å². The van der Waals surface area contributed by atoms with Crippen molar-refractivity contribution in [3.63, 3.8) is 0 Å². The second-order valence-corrected chi connectivity index (χ2v) is 8.11. The summed E-state index contributed by atoms with van der Waals surface area (Å²) in [4.78, 5) is 34.5. The predicted octanol–water partition coefficient (Wildman–Crippen LogP) is 1.35. The second-order valence-electron chi connectivity index (χ2n) is 7.20. The van der Waals surface area contributed by atoms with E-state index in [1.165, 1.54) is 0 Å². The summed E-state index contributed by atoms with van der Waals surface area (Å²) in [6.07, 6.45) is 4.95. The summed E-state index contributed by atoms with van der Waals surface area (Å²) in [5, 5.41) is 0. The van der Waals surface area contributed by atoms with Gasteiger partial charge in [0.05, 0.1) is 5.56 Å². The van der Waals surface area contributed by atoms with Crippen molar-refractivity contribution >= 4 is 33.5 Å². The fraction of sp³-hybridized carbons (Fsp3) is 0.474. The lowest BCUT2D eigenvalue weighted by molar-refractivity contribution is 0.0746. The SMILES string of the molecule is CN1CCN(c2cc(N3CCN(C(=O)c4cncc(Br)c4)CC3)ncn2)CC1. The van der Waals surface area contributed by atoms with Gasteiger partial charge in [-0.25, -0.2) is 9.97 Å². The smallest absolute Gasteiger partial charge is 0.255 e. The van der Waals surface area contributed by atoms with Gasteiger partial charge in [-0.1, -0.05) is 0 Å². The van der Waals surface area contributed by atoms with E-state index in [1.807, 2.05) is 11.0 Å². The summed E-state index contributed by atoms with van der Waals surface area (Å²) in [7, 11) is 2.15. The third kappa shape index (κ3) is 4.25. The molecule has 0 radical (unpaired) electrons. The van der Waals surface area contributed by atoms with E-state index in [9.17, 15) is 4.79 Å². The number of hydrogen-bond acceptors (Lipinski definition) is 7. The van der Waals surface area contributed by atoms with Gasteiger partial charge in [0, 0.05) is 75.3 Å². The lowest BCUT2D eigenvalue weighted by Crippen LogP contribution is -2.49. The lowest BCUT2D eigenvalue weighted by atomic mass is 10.2. The van der Waals surface area contributed by atoms with Gasteiger partial charge < -0.3 is 19.6 Å². The first kappa shape index (κ1) is 19.1. The van der Waals surface area contributed by atoms with E-state index in [0.717, 1.165) is 55.4 Å². The van der Waals surface area contributed by atoms with Crippen LogP contribution in [-0.4, -0.2) is 90.1 Å². The Morgan fingerprint density at radius 2 is 1.50 bits per heavy atom. The number of hydrogen-bond donors (Lipinski definition) is 0. The van der Waals surface area contributed by atoms with E-state index in [2.05, 4.69) is 58.7 Å². The zero-order valence-electron chi connectivity index (χ0n) is 16.0. The van der Waals surface area contributed by atoms with Crippen molar-refractivity contribution in [1.29, 1.82) is 0 Å². The second kappa shape index (κ2) is 8.40. The summed E-state index contributed by atoms with van der Waals surface area (Å²) in [6.45, 7) is 6.90. The minimum Gasteiger partial charge on any atom is -0.354 e. The van der Waals surface area contributed by atoms with Crippen LogP contribution < -0.4 is 9.80 Å². The van der Waals surface area contributed by atoms with Crippen LogP contribution in [0.4, 0.5) is 11.6 Å². The molecular weight excluding hydrogens is 422 g/mol. The molecule has 148 valence electrons. The molecule has 2 aromatic rings. The van der Waals surface area contributed by atoms with E-state index in [4.69, 9.17) is 0 Å². The molecule has 0 saturated carbocycles. The fourth-order valence-corrected chi connectivity index (χ4v) is 3.93. The number of anilines is 2. The van der Waals surface area contributed by atoms with Crippen molar-refractivity contribution in [3.05, 3.63) is 40.9 Å². The highest BCUT2D eigenvalue weighted by atomic mass is 79.9. The summed E-state index contributed by atoms with van der Waals surface area (Å²) in [5.41, 5.74) is 0.613. The number of likely N-dealkylation sites (N-methyl/N-ethyl adjacent to an activating group) is 1. The molecule has 2 aliphatic rings. The molecule has 0 bridgehead atoms. The minimum absolute atomic E-state index is 0.0225. The quantitative estimate of drug-likeness (QED) is 0.705. The lowest BCUT2D eigenvalue weighted by Gasteiger charge is -2.36. The number of amides is 1. The first-order valence-corrected chi connectivity index (χ1v) is 10.3. The molecule has 1 amide bonds. The maximum Gasteiger partial charge on any atom is 0.255 e. The average Bonchev–Trinajstić information content (AvgIpc) is 2.74. The topological polar surface area (TPSA) is 68.7 Å². The van der Waals surface area contributed by atoms with E-state index in [0.29, 0.717) is 18.7 Å². The van der Waals surface area contributed by atoms with Crippen LogP contribution in [-0.2, 0) is 0 Å². The van der Waals surface area contributed by atoms with E-state index in [1.54, 1.807) is 18.7 Å². The molecule has 2 aliphatic heterocycles. The van der Waals surface area contributed by atoms with Crippen molar-refractivity contribution in [2.45, 2.75) is 0 Å². The average molecular weight is 446 g/mol. The Kier molecular flexibility index (Phi) is 5.72. The summed E-state index contributed by atoms with van der Waals surface area (Å²) in [6, 6.07) is 3.88. The Morgan fingerprint density at radius 3 is 2.11 bits per heavy atom. The Labute approximate surface area is 173 Å². The fourth-order valence-electron chi connectivity index (χ4n) is 3.57. The highest BCUT2D eigenvalue weighted by Gasteiger charge is 2.24. The van der Waals surface area contributed by atoms with Crippen LogP contribution in [0.25, 0.3) is 0 Å². The van der Waals surface area contributed by atoms with Gasteiger partial charge >= 0.3 is 0 Å². The molecule has 0 aromatic carbocycles. The van der Waals surface area contributed by atoms with E-state index in [-0.39, 0.29) is 5.91 Å². The van der Waals surface area contributed by atoms with Gasteiger partial charge in [-0.15, -0.1) is 0 Å². The molecule has 2 aromatic heterocycles. The number of carbonyl (C=O) groups is 1. The van der Waals surface area contributed by atoms with Crippen LogP contribution in [0.2, 0.25) is 0 Å². The monoisotopic (exact) mass is 445 g/mol. The zero-order chi connectivity index (χ0) is 19.5. The number of halogens is 1. The van der Waals surface area contributed by atoms with Crippen LogP contribution in [0.1, 0.15) is 10.4 Å². The third-order valence-electron chi connectivity index (χ3n) is 5.31. The Hall–Kier alpha value is -2.26. The Morgan fingerprint density at radius 1 is 0.893 bits per heavy atom. The van der Waals surface area contributed by atoms with Crippen molar-refractivity contribution in [2.75, 3.05) is 69.2 Å². The van der Waals surface area contributed by atoms with Crippen LogP contribution in [0.3, 0.4) is 0 Å². The van der Waals surface area contributed by atoms with Crippen molar-refractivity contribution in [2.24, 2.45) is 0 Å². The van der Waals surface area contributed by atoms with Crippen LogP contribution in [0, 0.1) is 0 Å². The predicted molar refractivity (Wildman–Crippen MR) is 112 cm³/mol. The van der Waals surface area contributed by atoms with Gasteiger partial charge in [-0.3, -0.25) is 9.78 Å². The van der Waals surface area contributed by atoms with Crippen LogP contribution in [0.15, 0.2) is 35.3 Å². The van der Waals surface area contributed by atoms with Crippen molar-refractivity contribution in [3.8, 4) is 0 Å². The van der Waals surface area contributed by atoms with Gasteiger partial charge in [0.15, 0.2) is 0 Å². The maximum atomic E-state index is 12.7. The molecule has 0 aliphatic carbocycles. The number of piperazine rings is 2. The summed E-state index contributed by atoms with van der Waals surface area (Å²) < 4.78 is 0.814. The van der Waals surface area contributed by atoms with Crippen LogP contribution >= 0.6 is 15.9 Å². The number of pyridine rings is 1. The summed E-state index contributed by atoms with van der Waals surface area (Å²) in [5.74, 6) is 1.94.